The van der Waals surface area contributed by atoms with E-state index in [0.717, 1.165) is 12.0 Å². The summed E-state index contributed by atoms with van der Waals surface area (Å²) in [5.41, 5.74) is 9.03. The van der Waals surface area contributed by atoms with Crippen LogP contribution in [-0.2, 0) is 22.0 Å². The van der Waals surface area contributed by atoms with Crippen LogP contribution in [0.5, 0.6) is 0 Å². The summed E-state index contributed by atoms with van der Waals surface area (Å²) in [5.74, 6) is 0.871. The molecule has 2 heteroatoms. The van der Waals surface area contributed by atoms with Gasteiger partial charge in [-0.3, -0.25) is 0 Å². The van der Waals surface area contributed by atoms with Crippen molar-refractivity contribution in [3.8, 4) is 0 Å². The summed E-state index contributed by atoms with van der Waals surface area (Å²) in [5, 5.41) is 0. The molecule has 0 fully saturated rings. The lowest BCUT2D eigenvalue weighted by Crippen LogP contribution is -2.30. The molecule has 31 heavy (non-hydrogen) atoms. The highest BCUT2D eigenvalue weighted by molar-refractivity contribution is 5.90. The number of fused-ring (bicyclic) bond motifs is 1. The Balaban J connectivity index is 2.10. The maximum Gasteiger partial charge on any atom is 0.337 e. The van der Waals surface area contributed by atoms with Gasteiger partial charge in [0.15, 0.2) is 0 Å². The van der Waals surface area contributed by atoms with Crippen LogP contribution in [-0.4, -0.2) is 13.1 Å². The molecule has 0 saturated carbocycles. The third-order valence-electron chi connectivity index (χ3n) is 7.56. The smallest absolute Gasteiger partial charge is 0.337 e. The van der Waals surface area contributed by atoms with Crippen molar-refractivity contribution in [2.45, 2.75) is 72.6 Å². The van der Waals surface area contributed by atoms with Gasteiger partial charge in [-0.25, -0.2) is 4.79 Å². The van der Waals surface area contributed by atoms with Crippen molar-refractivity contribution >= 4 is 17.6 Å². The van der Waals surface area contributed by atoms with Gasteiger partial charge in [-0.05, 0) is 81.5 Å². The third kappa shape index (κ3) is 4.22. The Labute approximate surface area is 188 Å². The van der Waals surface area contributed by atoms with Crippen LogP contribution in [0.3, 0.4) is 0 Å². The minimum atomic E-state index is -0.302. The molecule has 0 aliphatic heterocycles. The molecule has 166 valence electrons. The summed E-state index contributed by atoms with van der Waals surface area (Å²) in [7, 11) is 1.41. The number of allylic oxidation sites excluding steroid dienone is 1. The van der Waals surface area contributed by atoms with Crippen LogP contribution in [0.2, 0.25) is 0 Å². The van der Waals surface area contributed by atoms with Crippen molar-refractivity contribution in [3.05, 3.63) is 69.8 Å². The van der Waals surface area contributed by atoms with E-state index in [4.69, 9.17) is 4.74 Å². The van der Waals surface area contributed by atoms with E-state index >= 15 is 0 Å². The molecule has 0 N–H and O–H groups in total. The average molecular weight is 419 g/mol. The second kappa shape index (κ2) is 8.30. The summed E-state index contributed by atoms with van der Waals surface area (Å²) in [6.07, 6.45) is 3.29. The molecule has 2 nitrogen and oxygen atoms in total. The Morgan fingerprint density at radius 2 is 1.58 bits per heavy atom. The molecule has 2 aromatic rings. The Hall–Kier alpha value is -2.35. The van der Waals surface area contributed by atoms with Gasteiger partial charge in [0.1, 0.15) is 0 Å². The summed E-state index contributed by atoms with van der Waals surface area (Å²) in [4.78, 5) is 11.7. The first kappa shape index (κ1) is 23.3. The van der Waals surface area contributed by atoms with Crippen LogP contribution in [0.25, 0.3) is 11.6 Å². The molecule has 0 radical (unpaired) electrons. The van der Waals surface area contributed by atoms with Gasteiger partial charge in [0.25, 0.3) is 0 Å². The number of benzene rings is 2. The number of esters is 1. The monoisotopic (exact) mass is 418 g/mol. The van der Waals surface area contributed by atoms with Gasteiger partial charge >= 0.3 is 5.97 Å². The predicted molar refractivity (Wildman–Crippen MR) is 132 cm³/mol. The van der Waals surface area contributed by atoms with E-state index in [2.05, 4.69) is 73.6 Å². The second-order valence-corrected chi connectivity index (χ2v) is 10.8. The number of carbonyl (C=O) groups is 1. The van der Waals surface area contributed by atoms with Gasteiger partial charge in [-0.15, -0.1) is 0 Å². The van der Waals surface area contributed by atoms with E-state index in [0.29, 0.717) is 17.4 Å². The van der Waals surface area contributed by atoms with Crippen LogP contribution in [0.4, 0.5) is 0 Å². The van der Waals surface area contributed by atoms with Crippen LogP contribution in [0, 0.1) is 11.8 Å². The summed E-state index contributed by atoms with van der Waals surface area (Å²) >= 11 is 0. The van der Waals surface area contributed by atoms with Crippen LogP contribution in [0.1, 0.15) is 93.6 Å². The van der Waals surface area contributed by atoms with Crippen LogP contribution in [0.15, 0.2) is 36.4 Å². The van der Waals surface area contributed by atoms with Crippen molar-refractivity contribution in [2.24, 2.45) is 11.8 Å². The fourth-order valence-corrected chi connectivity index (χ4v) is 5.22. The van der Waals surface area contributed by atoms with Gasteiger partial charge < -0.3 is 4.74 Å². The molecule has 0 heterocycles. The highest BCUT2D eigenvalue weighted by Crippen LogP contribution is 2.54. The van der Waals surface area contributed by atoms with Gasteiger partial charge in [0, 0.05) is 0 Å². The SMILES string of the molecule is COC(=O)c1ccc(C=C(C)c2cc3c(cc2CC(C)C)C(C)(C)C(C)C3(C)C)cc1. The molecule has 1 aliphatic rings. The molecule has 1 unspecified atom stereocenters. The first-order chi connectivity index (χ1) is 14.4. The van der Waals surface area contributed by atoms with Gasteiger partial charge in [0.05, 0.1) is 12.7 Å². The average Bonchev–Trinajstić information content (AvgIpc) is 2.84. The van der Waals surface area contributed by atoms with Crippen LogP contribution < -0.4 is 0 Å². The molecule has 1 aliphatic carbocycles. The minimum absolute atomic E-state index is 0.145. The standard InChI is InChI=1S/C29H38O2/c1-18(2)14-23-16-25-26(29(7,8)20(4)28(25,5)6)17-24(23)19(3)15-21-10-12-22(13-11-21)27(30)31-9/h10-13,15-18,20H,14H2,1-9H3. The fourth-order valence-electron chi connectivity index (χ4n) is 5.22. The Morgan fingerprint density at radius 1 is 1.03 bits per heavy atom. The molecule has 1 atom stereocenters. The number of hydrogen-bond acceptors (Lipinski definition) is 2. The van der Waals surface area contributed by atoms with Crippen molar-refractivity contribution in [3.63, 3.8) is 0 Å². The summed E-state index contributed by atoms with van der Waals surface area (Å²) in [6.45, 7) is 18.8. The Morgan fingerprint density at radius 3 is 2.10 bits per heavy atom. The van der Waals surface area contributed by atoms with E-state index in [1.54, 1.807) is 0 Å². The van der Waals surface area contributed by atoms with Gasteiger partial charge in [-0.2, -0.15) is 0 Å². The lowest BCUT2D eigenvalue weighted by molar-refractivity contribution is 0.0600. The first-order valence-corrected chi connectivity index (χ1v) is 11.4. The highest BCUT2D eigenvalue weighted by atomic mass is 16.5. The van der Waals surface area contributed by atoms with Crippen molar-refractivity contribution in [1.82, 2.24) is 0 Å². The molecule has 0 saturated heterocycles. The van der Waals surface area contributed by atoms with Crippen molar-refractivity contribution < 1.29 is 9.53 Å². The topological polar surface area (TPSA) is 26.3 Å². The zero-order valence-corrected chi connectivity index (χ0v) is 20.7. The molecule has 0 bridgehead atoms. The van der Waals surface area contributed by atoms with Gasteiger partial charge in [0.2, 0.25) is 0 Å². The van der Waals surface area contributed by atoms with Crippen molar-refractivity contribution in [2.75, 3.05) is 7.11 Å². The van der Waals surface area contributed by atoms with E-state index in [-0.39, 0.29) is 16.8 Å². The number of carbonyl (C=O) groups excluding carboxylic acids is 1. The summed E-state index contributed by atoms with van der Waals surface area (Å²) < 4.78 is 4.81. The molecular formula is C29H38O2. The van der Waals surface area contributed by atoms with Gasteiger partial charge in [-0.1, -0.05) is 78.8 Å². The van der Waals surface area contributed by atoms with E-state index in [1.807, 2.05) is 24.3 Å². The number of rotatable bonds is 5. The third-order valence-corrected chi connectivity index (χ3v) is 7.56. The molecular weight excluding hydrogens is 380 g/mol. The minimum Gasteiger partial charge on any atom is -0.465 e. The molecule has 0 amide bonds. The zero-order valence-electron chi connectivity index (χ0n) is 20.7. The maximum absolute atomic E-state index is 11.7. The Kier molecular flexibility index (Phi) is 6.24. The quantitative estimate of drug-likeness (QED) is 0.372. The van der Waals surface area contributed by atoms with E-state index < -0.39 is 0 Å². The zero-order chi connectivity index (χ0) is 23.1. The summed E-state index contributed by atoms with van der Waals surface area (Å²) in [6, 6.07) is 12.6. The first-order valence-electron chi connectivity index (χ1n) is 11.4. The number of hydrogen-bond donors (Lipinski definition) is 0. The highest BCUT2D eigenvalue weighted by Gasteiger charge is 2.48. The maximum atomic E-state index is 11.7. The molecule has 3 rings (SSSR count). The Bertz CT molecular complexity index is 1000. The van der Waals surface area contributed by atoms with Crippen molar-refractivity contribution in [1.29, 1.82) is 0 Å². The normalized spacial score (nSPS) is 19.4. The van der Waals surface area contributed by atoms with E-state index in [1.165, 1.54) is 34.9 Å². The lowest BCUT2D eigenvalue weighted by Gasteiger charge is -2.32. The molecule has 0 spiro atoms. The second-order valence-electron chi connectivity index (χ2n) is 10.8. The van der Waals surface area contributed by atoms with Crippen LogP contribution >= 0.6 is 0 Å². The lowest BCUT2D eigenvalue weighted by atomic mass is 9.71. The fraction of sp³-hybridized carbons (Fsp3) is 0.483. The number of methoxy groups -OCH3 is 1. The predicted octanol–water partition coefficient (Wildman–Crippen LogP) is 7.44. The molecule has 0 aromatic heterocycles. The molecule has 2 aromatic carbocycles. The van der Waals surface area contributed by atoms with E-state index in [9.17, 15) is 4.79 Å². The largest absolute Gasteiger partial charge is 0.465 e. The number of ether oxygens (including phenoxy) is 1.